The van der Waals surface area contributed by atoms with Gasteiger partial charge in [-0.05, 0) is 0 Å². The van der Waals surface area contributed by atoms with E-state index in [1.54, 1.807) is 7.05 Å². The Balaban J connectivity index is 2.81. The predicted octanol–water partition coefficient (Wildman–Crippen LogP) is 0.577. The van der Waals surface area contributed by atoms with E-state index in [1.165, 1.54) is 0 Å². The molecule has 102 valence electrons. The molecule has 18 heavy (non-hydrogen) atoms. The summed E-state index contributed by atoms with van der Waals surface area (Å²) >= 11 is 0.848. The molecule has 0 bridgehead atoms. The molecule has 1 aromatic rings. The van der Waals surface area contributed by atoms with Crippen LogP contribution < -0.4 is 5.32 Å². The molecule has 0 saturated heterocycles. The van der Waals surface area contributed by atoms with Crippen LogP contribution in [0.15, 0.2) is 0 Å². The zero-order chi connectivity index (χ0) is 13.8. The number of hydrogen-bond acceptors (Lipinski definition) is 6. The normalized spacial score (nSPS) is 11.4. The molecule has 0 aromatic carbocycles. The first-order valence-corrected chi connectivity index (χ1v) is 5.67. The van der Waals surface area contributed by atoms with Crippen LogP contribution in [0, 0.1) is 0 Å². The summed E-state index contributed by atoms with van der Waals surface area (Å²) < 4.78 is 36.8. The van der Waals surface area contributed by atoms with Crippen molar-refractivity contribution in [2.45, 2.75) is 6.18 Å². The van der Waals surface area contributed by atoms with Crippen LogP contribution in [-0.4, -0.2) is 59.0 Å². The molecule has 0 aliphatic carbocycles. The van der Waals surface area contributed by atoms with E-state index in [0.29, 0.717) is 10.0 Å². The lowest BCUT2D eigenvalue weighted by Gasteiger charge is -2.21. The molecular weight excluding hydrogens is 273 g/mol. The highest BCUT2D eigenvalue weighted by Crippen LogP contribution is 2.20. The average Bonchev–Trinajstić information content (AvgIpc) is 2.74. The van der Waals surface area contributed by atoms with Crippen molar-refractivity contribution in [3.05, 3.63) is 5.01 Å². The van der Waals surface area contributed by atoms with E-state index < -0.39 is 31.8 Å². The van der Waals surface area contributed by atoms with Crippen LogP contribution in [0.2, 0.25) is 0 Å². The topological polar surface area (TPSA) is 78.4 Å². The van der Waals surface area contributed by atoms with Crippen molar-refractivity contribution >= 4 is 22.4 Å². The van der Waals surface area contributed by atoms with Gasteiger partial charge in [0.1, 0.15) is 6.54 Å². The number of amides is 1. The van der Waals surface area contributed by atoms with Gasteiger partial charge in [-0.25, -0.2) is 0 Å². The molecule has 1 rings (SSSR count). The van der Waals surface area contributed by atoms with Crippen molar-refractivity contribution in [2.24, 2.45) is 0 Å². The SMILES string of the molecule is CNc1nnc(C(=O)N(CCO)CC(F)(F)F)s1. The van der Waals surface area contributed by atoms with E-state index in [4.69, 9.17) is 5.11 Å². The van der Waals surface area contributed by atoms with Gasteiger partial charge in [-0.2, -0.15) is 13.2 Å². The number of nitrogens with zero attached hydrogens (tertiary/aromatic N) is 3. The number of carbonyl (C=O) groups excluding carboxylic acids is 1. The van der Waals surface area contributed by atoms with Gasteiger partial charge in [-0.3, -0.25) is 4.79 Å². The van der Waals surface area contributed by atoms with Crippen LogP contribution in [0.1, 0.15) is 9.80 Å². The fraction of sp³-hybridized carbons (Fsp3) is 0.625. The van der Waals surface area contributed by atoms with Crippen LogP contribution in [0.3, 0.4) is 0 Å². The van der Waals surface area contributed by atoms with E-state index >= 15 is 0 Å². The Morgan fingerprint density at radius 3 is 2.61 bits per heavy atom. The number of halogens is 3. The van der Waals surface area contributed by atoms with Gasteiger partial charge in [0.2, 0.25) is 10.1 Å². The molecule has 10 heteroatoms. The van der Waals surface area contributed by atoms with Crippen LogP contribution in [-0.2, 0) is 0 Å². The smallest absolute Gasteiger partial charge is 0.395 e. The quantitative estimate of drug-likeness (QED) is 0.827. The van der Waals surface area contributed by atoms with Crippen LogP contribution in [0.25, 0.3) is 0 Å². The van der Waals surface area contributed by atoms with Gasteiger partial charge in [0.15, 0.2) is 0 Å². The third-order valence-electron chi connectivity index (χ3n) is 1.85. The van der Waals surface area contributed by atoms with E-state index in [1.807, 2.05) is 0 Å². The second kappa shape index (κ2) is 5.96. The van der Waals surface area contributed by atoms with Gasteiger partial charge in [-0.15, -0.1) is 10.2 Å². The second-order valence-corrected chi connectivity index (χ2v) is 4.21. The van der Waals surface area contributed by atoms with Crippen LogP contribution in [0.4, 0.5) is 18.3 Å². The van der Waals surface area contributed by atoms with Gasteiger partial charge in [0.05, 0.1) is 6.61 Å². The summed E-state index contributed by atoms with van der Waals surface area (Å²) in [5.74, 6) is -0.902. The third-order valence-corrected chi connectivity index (χ3v) is 2.78. The van der Waals surface area contributed by atoms with Gasteiger partial charge in [-0.1, -0.05) is 11.3 Å². The number of nitrogens with one attached hydrogen (secondary N) is 1. The number of alkyl halides is 3. The van der Waals surface area contributed by atoms with E-state index in [0.717, 1.165) is 11.3 Å². The monoisotopic (exact) mass is 284 g/mol. The Morgan fingerprint density at radius 2 is 2.17 bits per heavy atom. The minimum absolute atomic E-state index is 0.156. The molecule has 1 aromatic heterocycles. The number of aromatic nitrogens is 2. The van der Waals surface area contributed by atoms with E-state index in [9.17, 15) is 18.0 Å². The first-order chi connectivity index (χ1) is 8.37. The average molecular weight is 284 g/mol. The molecule has 0 aliphatic heterocycles. The van der Waals surface area contributed by atoms with E-state index in [2.05, 4.69) is 15.5 Å². The van der Waals surface area contributed by atoms with Crippen molar-refractivity contribution < 1.29 is 23.1 Å². The fourth-order valence-corrected chi connectivity index (χ4v) is 1.80. The molecule has 2 N–H and O–H groups in total. The summed E-state index contributed by atoms with van der Waals surface area (Å²) in [7, 11) is 1.55. The summed E-state index contributed by atoms with van der Waals surface area (Å²) in [6.07, 6.45) is -4.53. The highest BCUT2D eigenvalue weighted by molar-refractivity contribution is 7.17. The molecular formula is C8H11F3N4O2S. The molecule has 0 radical (unpaired) electrons. The van der Waals surface area contributed by atoms with Gasteiger partial charge >= 0.3 is 6.18 Å². The van der Waals surface area contributed by atoms with Gasteiger partial charge in [0.25, 0.3) is 5.91 Å². The first-order valence-electron chi connectivity index (χ1n) is 4.85. The summed E-state index contributed by atoms with van der Waals surface area (Å²) in [6, 6.07) is 0. The maximum Gasteiger partial charge on any atom is 0.406 e. The Morgan fingerprint density at radius 1 is 1.50 bits per heavy atom. The summed E-state index contributed by atoms with van der Waals surface area (Å²) in [6.45, 7) is -2.40. The van der Waals surface area contributed by atoms with Crippen molar-refractivity contribution in [1.82, 2.24) is 15.1 Å². The van der Waals surface area contributed by atoms with E-state index in [-0.39, 0.29) is 5.01 Å². The number of aliphatic hydroxyl groups is 1. The van der Waals surface area contributed by atoms with Crippen molar-refractivity contribution in [2.75, 3.05) is 32.1 Å². The molecule has 1 heterocycles. The molecule has 0 aliphatic rings. The number of aliphatic hydroxyl groups excluding tert-OH is 1. The maximum atomic E-state index is 12.3. The Kier molecular flexibility index (Phi) is 4.84. The van der Waals surface area contributed by atoms with Gasteiger partial charge < -0.3 is 15.3 Å². The molecule has 6 nitrogen and oxygen atoms in total. The largest absolute Gasteiger partial charge is 0.406 e. The fourth-order valence-electron chi connectivity index (χ4n) is 1.14. The highest BCUT2D eigenvalue weighted by Gasteiger charge is 2.34. The third kappa shape index (κ3) is 4.11. The highest BCUT2D eigenvalue weighted by atomic mass is 32.1. The maximum absolute atomic E-state index is 12.3. The standard InChI is InChI=1S/C8H11F3N4O2S/c1-12-7-14-13-5(18-7)6(17)15(2-3-16)4-8(9,10)11/h16H,2-4H2,1H3,(H,12,14). The predicted molar refractivity (Wildman–Crippen MR) is 58.5 cm³/mol. The molecule has 0 spiro atoms. The minimum Gasteiger partial charge on any atom is -0.395 e. The molecule has 0 saturated carbocycles. The summed E-state index contributed by atoms with van der Waals surface area (Å²) in [4.78, 5) is 12.2. The Labute approximate surface area is 104 Å². The number of anilines is 1. The lowest BCUT2D eigenvalue weighted by atomic mass is 10.4. The molecule has 1 amide bonds. The van der Waals surface area contributed by atoms with Crippen LogP contribution >= 0.6 is 11.3 Å². The number of hydrogen-bond donors (Lipinski definition) is 2. The zero-order valence-corrected chi connectivity index (χ0v) is 10.2. The van der Waals surface area contributed by atoms with Crippen molar-refractivity contribution in [3.8, 4) is 0 Å². The van der Waals surface area contributed by atoms with Gasteiger partial charge in [0, 0.05) is 13.6 Å². The Bertz CT molecular complexity index is 409. The number of carbonyl (C=O) groups is 1. The lowest BCUT2D eigenvalue weighted by molar-refractivity contribution is -0.141. The lowest BCUT2D eigenvalue weighted by Crippen LogP contribution is -2.40. The Hall–Kier alpha value is -1.42. The van der Waals surface area contributed by atoms with Crippen molar-refractivity contribution in [1.29, 1.82) is 0 Å². The molecule has 0 fully saturated rings. The second-order valence-electron chi connectivity index (χ2n) is 3.23. The minimum atomic E-state index is -4.53. The summed E-state index contributed by atoms with van der Waals surface area (Å²) in [5.41, 5.74) is 0. The first kappa shape index (κ1) is 14.6. The zero-order valence-electron chi connectivity index (χ0n) is 9.36. The van der Waals surface area contributed by atoms with Crippen molar-refractivity contribution in [3.63, 3.8) is 0 Å². The number of rotatable bonds is 5. The van der Waals surface area contributed by atoms with Crippen LogP contribution in [0.5, 0.6) is 0 Å². The molecule has 0 unspecified atom stereocenters. The molecule has 0 atom stereocenters. The summed E-state index contributed by atoms with van der Waals surface area (Å²) in [5, 5.41) is 18.5.